The fourth-order valence-corrected chi connectivity index (χ4v) is 1.62. The van der Waals surface area contributed by atoms with Crippen LogP contribution in [0, 0.1) is 5.82 Å². The molecular weight excluding hydrogens is 280 g/mol. The van der Waals surface area contributed by atoms with Gasteiger partial charge in [0.1, 0.15) is 23.1 Å². The van der Waals surface area contributed by atoms with E-state index in [1.807, 2.05) is 0 Å². The summed E-state index contributed by atoms with van der Waals surface area (Å²) in [4.78, 5) is 19.3. The number of hydrogen-bond donors (Lipinski definition) is 1. The maximum atomic E-state index is 13.2. The molecule has 0 spiro atoms. The minimum absolute atomic E-state index is 0.0198. The highest BCUT2D eigenvalue weighted by atomic mass is 35.5. The predicted octanol–water partition coefficient (Wildman–Crippen LogP) is 3.17. The molecular formula is C11H6Cl2FN3O. The lowest BCUT2D eigenvalue weighted by Gasteiger charge is -2.06. The second-order valence-corrected chi connectivity index (χ2v) is 4.05. The Labute approximate surface area is 112 Å². The van der Waals surface area contributed by atoms with Crippen molar-refractivity contribution in [3.63, 3.8) is 0 Å². The third-order valence-electron chi connectivity index (χ3n) is 2.07. The minimum atomic E-state index is -0.662. The topological polar surface area (TPSA) is 54.9 Å². The third kappa shape index (κ3) is 2.75. The first-order valence-electron chi connectivity index (χ1n) is 4.81. The lowest BCUT2D eigenvalue weighted by molar-refractivity contribution is 0.102. The van der Waals surface area contributed by atoms with Crippen LogP contribution < -0.4 is 5.32 Å². The zero-order valence-electron chi connectivity index (χ0n) is 8.82. The van der Waals surface area contributed by atoms with Gasteiger partial charge < -0.3 is 5.32 Å². The van der Waals surface area contributed by atoms with Crippen molar-refractivity contribution in [2.75, 3.05) is 5.32 Å². The van der Waals surface area contributed by atoms with Gasteiger partial charge in [0.25, 0.3) is 5.91 Å². The first kappa shape index (κ1) is 12.7. The fourth-order valence-electron chi connectivity index (χ4n) is 1.26. The second kappa shape index (κ2) is 5.29. The third-order valence-corrected chi connectivity index (χ3v) is 2.66. The normalized spacial score (nSPS) is 10.2. The minimum Gasteiger partial charge on any atom is -0.306 e. The molecule has 0 saturated carbocycles. The monoisotopic (exact) mass is 285 g/mol. The summed E-state index contributed by atoms with van der Waals surface area (Å²) in [6.45, 7) is 0. The average molecular weight is 286 g/mol. The van der Waals surface area contributed by atoms with Crippen molar-refractivity contribution in [3.05, 3.63) is 52.1 Å². The highest BCUT2D eigenvalue weighted by Crippen LogP contribution is 2.20. The lowest BCUT2D eigenvalue weighted by Crippen LogP contribution is -2.14. The fraction of sp³-hybridized carbons (Fsp3) is 0. The Hall–Kier alpha value is -1.72. The summed E-state index contributed by atoms with van der Waals surface area (Å²) in [5.41, 5.74) is 0.0198. The first-order valence-corrected chi connectivity index (χ1v) is 5.56. The first-order chi connectivity index (χ1) is 8.58. The van der Waals surface area contributed by atoms with Gasteiger partial charge in [-0.2, -0.15) is 0 Å². The Bertz CT molecular complexity index is 607. The van der Waals surface area contributed by atoms with Crippen LogP contribution in [-0.4, -0.2) is 15.9 Å². The molecule has 92 valence electrons. The van der Waals surface area contributed by atoms with Crippen LogP contribution in [-0.2, 0) is 0 Å². The average Bonchev–Trinajstić information content (AvgIpc) is 2.32. The number of aromatic nitrogens is 2. The molecule has 0 aliphatic rings. The van der Waals surface area contributed by atoms with Gasteiger partial charge in [-0.3, -0.25) is 4.79 Å². The zero-order valence-corrected chi connectivity index (χ0v) is 10.3. The smallest absolute Gasteiger partial charge is 0.258 e. The van der Waals surface area contributed by atoms with Crippen molar-refractivity contribution in [1.29, 1.82) is 0 Å². The summed E-state index contributed by atoms with van der Waals surface area (Å²) in [6, 6.07) is 5.33. The number of amides is 1. The summed E-state index contributed by atoms with van der Waals surface area (Å²) in [7, 11) is 0. The molecule has 1 heterocycles. The van der Waals surface area contributed by atoms with E-state index >= 15 is 0 Å². The van der Waals surface area contributed by atoms with Crippen molar-refractivity contribution in [2.45, 2.75) is 0 Å². The number of rotatable bonds is 2. The standard InChI is InChI=1S/C11H6Cl2FN3O/c12-8-4-9(16-5-15-8)17-11(18)6-2-1-3-7(14)10(6)13/h1-5H,(H,15,16,17,18). The van der Waals surface area contributed by atoms with Crippen molar-refractivity contribution in [3.8, 4) is 0 Å². The number of nitrogens with zero attached hydrogens (tertiary/aromatic N) is 2. The quantitative estimate of drug-likeness (QED) is 0.863. The van der Waals surface area contributed by atoms with E-state index in [2.05, 4.69) is 15.3 Å². The Morgan fingerprint density at radius 1 is 1.28 bits per heavy atom. The van der Waals surface area contributed by atoms with E-state index in [1.165, 1.54) is 30.6 Å². The molecule has 0 fully saturated rings. The van der Waals surface area contributed by atoms with E-state index in [0.717, 1.165) is 0 Å². The summed E-state index contributed by atoms with van der Waals surface area (Å²) in [5, 5.41) is 2.39. The number of halogens is 3. The molecule has 4 nitrogen and oxygen atoms in total. The van der Waals surface area contributed by atoms with Gasteiger partial charge in [-0.15, -0.1) is 0 Å². The van der Waals surface area contributed by atoms with Gasteiger partial charge in [-0.1, -0.05) is 29.3 Å². The van der Waals surface area contributed by atoms with Gasteiger partial charge >= 0.3 is 0 Å². The van der Waals surface area contributed by atoms with Crippen LogP contribution >= 0.6 is 23.2 Å². The number of carbonyl (C=O) groups is 1. The van der Waals surface area contributed by atoms with E-state index in [4.69, 9.17) is 23.2 Å². The van der Waals surface area contributed by atoms with Crippen LogP contribution in [0.4, 0.5) is 10.2 Å². The summed E-state index contributed by atoms with van der Waals surface area (Å²) in [5.74, 6) is -1.03. The summed E-state index contributed by atoms with van der Waals surface area (Å²) in [6.07, 6.45) is 1.20. The zero-order chi connectivity index (χ0) is 13.1. The van der Waals surface area contributed by atoms with Gasteiger partial charge in [0, 0.05) is 6.07 Å². The number of carbonyl (C=O) groups excluding carboxylic acids is 1. The van der Waals surface area contributed by atoms with Crippen molar-refractivity contribution >= 4 is 34.9 Å². The van der Waals surface area contributed by atoms with Crippen LogP contribution in [0.5, 0.6) is 0 Å². The molecule has 2 rings (SSSR count). The molecule has 0 saturated heterocycles. The molecule has 0 atom stereocenters. The van der Waals surface area contributed by atoms with E-state index in [1.54, 1.807) is 0 Å². The Balaban J connectivity index is 2.25. The molecule has 18 heavy (non-hydrogen) atoms. The molecule has 0 unspecified atom stereocenters. The molecule has 2 aromatic rings. The van der Waals surface area contributed by atoms with Crippen LogP contribution in [0.15, 0.2) is 30.6 Å². The van der Waals surface area contributed by atoms with Gasteiger partial charge in [-0.05, 0) is 12.1 Å². The molecule has 1 aromatic heterocycles. The Kier molecular flexibility index (Phi) is 3.74. The van der Waals surface area contributed by atoms with E-state index in [-0.39, 0.29) is 21.6 Å². The molecule has 1 amide bonds. The molecule has 7 heteroatoms. The van der Waals surface area contributed by atoms with E-state index < -0.39 is 11.7 Å². The van der Waals surface area contributed by atoms with Crippen molar-refractivity contribution in [2.24, 2.45) is 0 Å². The highest BCUT2D eigenvalue weighted by molar-refractivity contribution is 6.34. The van der Waals surface area contributed by atoms with Crippen LogP contribution in [0.2, 0.25) is 10.2 Å². The SMILES string of the molecule is O=C(Nc1cc(Cl)ncn1)c1cccc(F)c1Cl. The van der Waals surface area contributed by atoms with Gasteiger partial charge in [0.05, 0.1) is 10.6 Å². The number of benzene rings is 1. The maximum Gasteiger partial charge on any atom is 0.258 e. The van der Waals surface area contributed by atoms with E-state index in [9.17, 15) is 9.18 Å². The van der Waals surface area contributed by atoms with Crippen LogP contribution in [0.25, 0.3) is 0 Å². The largest absolute Gasteiger partial charge is 0.306 e. The van der Waals surface area contributed by atoms with Crippen molar-refractivity contribution < 1.29 is 9.18 Å². The lowest BCUT2D eigenvalue weighted by atomic mass is 10.2. The molecule has 0 aliphatic carbocycles. The van der Waals surface area contributed by atoms with Crippen LogP contribution in [0.3, 0.4) is 0 Å². The second-order valence-electron chi connectivity index (χ2n) is 3.28. The Morgan fingerprint density at radius 3 is 2.78 bits per heavy atom. The van der Waals surface area contributed by atoms with Crippen molar-refractivity contribution in [1.82, 2.24) is 9.97 Å². The Morgan fingerprint density at radius 2 is 2.06 bits per heavy atom. The van der Waals surface area contributed by atoms with Gasteiger partial charge in [0.2, 0.25) is 0 Å². The predicted molar refractivity (Wildman–Crippen MR) is 66.4 cm³/mol. The molecule has 1 aromatic carbocycles. The number of hydrogen-bond acceptors (Lipinski definition) is 3. The summed E-state index contributed by atoms with van der Waals surface area (Å²) >= 11 is 11.3. The molecule has 1 N–H and O–H groups in total. The number of anilines is 1. The van der Waals surface area contributed by atoms with Gasteiger partial charge in [0.15, 0.2) is 0 Å². The maximum absolute atomic E-state index is 13.2. The molecule has 0 bridgehead atoms. The number of nitrogens with one attached hydrogen (secondary N) is 1. The van der Waals surface area contributed by atoms with Crippen LogP contribution in [0.1, 0.15) is 10.4 Å². The molecule has 0 radical (unpaired) electrons. The summed E-state index contributed by atoms with van der Waals surface area (Å²) < 4.78 is 13.2. The van der Waals surface area contributed by atoms with Gasteiger partial charge in [-0.25, -0.2) is 14.4 Å². The highest BCUT2D eigenvalue weighted by Gasteiger charge is 2.14. The molecule has 0 aliphatic heterocycles. The van der Waals surface area contributed by atoms with E-state index in [0.29, 0.717) is 0 Å².